The molecule has 33 heavy (non-hydrogen) atoms. The summed E-state index contributed by atoms with van der Waals surface area (Å²) in [5, 5.41) is 0. The molecule has 0 bridgehead atoms. The topological polar surface area (TPSA) is 85.8 Å². The predicted molar refractivity (Wildman–Crippen MR) is 120 cm³/mol. The Balaban J connectivity index is 1.61. The summed E-state index contributed by atoms with van der Waals surface area (Å²) in [7, 11) is 0. The number of aromatic nitrogens is 1. The minimum absolute atomic E-state index is 0.112. The van der Waals surface area contributed by atoms with Crippen LogP contribution in [0.1, 0.15) is 63.6 Å². The van der Waals surface area contributed by atoms with Crippen molar-refractivity contribution in [1.82, 2.24) is 4.98 Å². The number of nitrogens with zero attached hydrogens (tertiary/aromatic N) is 2. The van der Waals surface area contributed by atoms with Gasteiger partial charge in [-0.1, -0.05) is 12.2 Å². The second-order valence-electron chi connectivity index (χ2n) is 9.17. The summed E-state index contributed by atoms with van der Waals surface area (Å²) in [5.74, 6) is -1.65. The maximum Gasteiger partial charge on any atom is 0.323 e. The Bertz CT molecular complexity index is 967. The number of ether oxygens (including phenoxy) is 2. The number of halogens is 1. The Morgan fingerprint density at radius 2 is 1.73 bits per heavy atom. The molecule has 178 valence electrons. The van der Waals surface area contributed by atoms with Crippen molar-refractivity contribution in [3.05, 3.63) is 29.2 Å². The minimum atomic E-state index is -1.61. The van der Waals surface area contributed by atoms with Crippen LogP contribution in [0.25, 0.3) is 6.08 Å². The van der Waals surface area contributed by atoms with Gasteiger partial charge in [-0.15, -0.1) is 0 Å². The molecule has 1 saturated heterocycles. The molecule has 0 unspecified atom stereocenters. The lowest BCUT2D eigenvalue weighted by Gasteiger charge is -2.42. The largest absolute Gasteiger partial charge is 0.465 e. The number of pyridine rings is 1. The average molecular weight is 459 g/mol. The van der Waals surface area contributed by atoms with Crippen LogP contribution in [0.3, 0.4) is 0 Å². The van der Waals surface area contributed by atoms with E-state index in [1.54, 1.807) is 26.0 Å². The Morgan fingerprint density at radius 3 is 2.33 bits per heavy atom. The normalized spacial score (nSPS) is 23.8. The molecule has 2 aliphatic carbocycles. The van der Waals surface area contributed by atoms with Crippen molar-refractivity contribution in [3.8, 4) is 0 Å². The molecular formula is C25H31FN2O5. The number of allylic oxidation sites excluding steroid dienone is 1. The number of hydrogen-bond donors (Lipinski definition) is 0. The van der Waals surface area contributed by atoms with E-state index in [9.17, 15) is 18.8 Å². The number of carbonyl (C=O) groups is 3. The Hall–Kier alpha value is -2.77. The zero-order chi connectivity index (χ0) is 23.6. The maximum atomic E-state index is 14.8. The van der Waals surface area contributed by atoms with Crippen LogP contribution in [0.4, 0.5) is 10.2 Å². The van der Waals surface area contributed by atoms with Crippen molar-refractivity contribution in [2.45, 2.75) is 58.8 Å². The Labute approximate surface area is 193 Å². The number of ketones is 1. The molecule has 0 amide bonds. The molecule has 1 atom stereocenters. The molecule has 1 aromatic heterocycles. The molecule has 4 rings (SSSR count). The van der Waals surface area contributed by atoms with Gasteiger partial charge in [0.25, 0.3) is 0 Å². The number of carbonyl (C=O) groups excluding carboxylic acids is 3. The number of hydrogen-bond acceptors (Lipinski definition) is 7. The van der Waals surface area contributed by atoms with Gasteiger partial charge in [0.1, 0.15) is 5.78 Å². The lowest BCUT2D eigenvalue weighted by atomic mass is 9.60. The summed E-state index contributed by atoms with van der Waals surface area (Å²) in [5.41, 5.74) is -1.15. The van der Waals surface area contributed by atoms with Crippen LogP contribution in [-0.2, 0) is 30.3 Å². The summed E-state index contributed by atoms with van der Waals surface area (Å²) in [6.45, 7) is 5.08. The van der Waals surface area contributed by atoms with Crippen molar-refractivity contribution < 1.29 is 28.2 Å². The van der Waals surface area contributed by atoms with Gasteiger partial charge < -0.3 is 14.4 Å². The number of piperidine rings is 1. The molecule has 1 aliphatic heterocycles. The highest BCUT2D eigenvalue weighted by atomic mass is 19.1. The Kier molecular flexibility index (Phi) is 6.54. The van der Waals surface area contributed by atoms with Crippen molar-refractivity contribution in [2.75, 3.05) is 31.2 Å². The van der Waals surface area contributed by atoms with Crippen LogP contribution in [0.5, 0.6) is 0 Å². The first-order valence-corrected chi connectivity index (χ1v) is 11.9. The quantitative estimate of drug-likeness (QED) is 0.492. The highest BCUT2D eigenvalue weighted by molar-refractivity contribution is 6.06. The molecule has 8 heteroatoms. The van der Waals surface area contributed by atoms with Gasteiger partial charge in [0.15, 0.2) is 17.1 Å². The Morgan fingerprint density at radius 1 is 1.06 bits per heavy atom. The van der Waals surface area contributed by atoms with Gasteiger partial charge in [-0.2, -0.15) is 0 Å². The first-order chi connectivity index (χ1) is 15.8. The third-order valence-electron chi connectivity index (χ3n) is 7.14. The predicted octanol–water partition coefficient (Wildman–Crippen LogP) is 3.63. The molecule has 1 aromatic rings. The van der Waals surface area contributed by atoms with Gasteiger partial charge >= 0.3 is 11.9 Å². The standard InChI is InChI=1S/C25H31FN2O5/c1-3-32-22(30)25(23(31)33-4-2)11-10-24(20(29)16-25)9-8-17-14-18(26)21(27-19(17)15-24)28-12-6-5-7-13-28/h8-9,14H,3-7,10-13,15-16H2,1-2H3/t24-/m0/s1. The number of fused-ring (bicyclic) bond motifs is 1. The second-order valence-corrected chi connectivity index (χ2v) is 9.17. The van der Waals surface area contributed by atoms with Gasteiger partial charge in [-0.3, -0.25) is 14.4 Å². The first-order valence-electron chi connectivity index (χ1n) is 11.9. The van der Waals surface area contributed by atoms with Crippen LogP contribution in [0.15, 0.2) is 12.1 Å². The number of rotatable bonds is 5. The van der Waals surface area contributed by atoms with Gasteiger partial charge in [-0.05, 0) is 57.6 Å². The lowest BCUT2D eigenvalue weighted by molar-refractivity contribution is -0.178. The van der Waals surface area contributed by atoms with Crippen molar-refractivity contribution >= 4 is 29.6 Å². The van der Waals surface area contributed by atoms with Crippen LogP contribution in [-0.4, -0.2) is 49.0 Å². The molecule has 2 heterocycles. The molecule has 1 saturated carbocycles. The molecule has 3 aliphatic rings. The van der Waals surface area contributed by atoms with Crippen LogP contribution < -0.4 is 4.90 Å². The summed E-state index contributed by atoms with van der Waals surface area (Å²) < 4.78 is 25.1. The second kappa shape index (κ2) is 9.23. The third-order valence-corrected chi connectivity index (χ3v) is 7.14. The van der Waals surface area contributed by atoms with Crippen LogP contribution in [0.2, 0.25) is 0 Å². The fourth-order valence-corrected chi connectivity index (χ4v) is 5.20. The maximum absolute atomic E-state index is 14.8. The SMILES string of the molecule is CCOC(=O)C1(C(=O)OCC)CC[C@]2(C=Cc3cc(F)c(N4CCCCC4)nc3C2)C(=O)C1. The molecule has 2 fully saturated rings. The summed E-state index contributed by atoms with van der Waals surface area (Å²) in [6.07, 6.45) is 7.16. The monoisotopic (exact) mass is 458 g/mol. The van der Waals surface area contributed by atoms with E-state index in [1.165, 1.54) is 6.07 Å². The van der Waals surface area contributed by atoms with E-state index in [2.05, 4.69) is 4.98 Å². The summed E-state index contributed by atoms with van der Waals surface area (Å²) >= 11 is 0. The van der Waals surface area contributed by atoms with Crippen molar-refractivity contribution in [3.63, 3.8) is 0 Å². The summed E-state index contributed by atoms with van der Waals surface area (Å²) in [4.78, 5) is 45.6. The van der Waals surface area contributed by atoms with Gasteiger partial charge in [-0.25, -0.2) is 9.37 Å². The molecule has 1 spiro atoms. The number of esters is 2. The van der Waals surface area contributed by atoms with E-state index in [1.807, 2.05) is 4.90 Å². The molecule has 7 nitrogen and oxygen atoms in total. The molecule has 0 N–H and O–H groups in total. The highest BCUT2D eigenvalue weighted by Gasteiger charge is 2.58. The zero-order valence-corrected chi connectivity index (χ0v) is 19.3. The number of Topliss-reactive ketones (excluding diaryl/α,β-unsaturated/α-hetero) is 1. The van der Waals surface area contributed by atoms with Gasteiger partial charge in [0, 0.05) is 25.9 Å². The fraction of sp³-hybridized carbons (Fsp3) is 0.600. The zero-order valence-electron chi connectivity index (χ0n) is 19.3. The fourth-order valence-electron chi connectivity index (χ4n) is 5.20. The van der Waals surface area contributed by atoms with E-state index in [0.717, 1.165) is 32.4 Å². The lowest BCUT2D eigenvalue weighted by Crippen LogP contribution is -2.51. The van der Waals surface area contributed by atoms with E-state index in [0.29, 0.717) is 23.5 Å². The van der Waals surface area contributed by atoms with Gasteiger partial charge in [0.2, 0.25) is 0 Å². The van der Waals surface area contributed by atoms with Crippen LogP contribution >= 0.6 is 0 Å². The average Bonchev–Trinajstić information content (AvgIpc) is 2.81. The molecule has 0 radical (unpaired) electrons. The third kappa shape index (κ3) is 4.15. The summed E-state index contributed by atoms with van der Waals surface area (Å²) in [6, 6.07) is 1.49. The van der Waals surface area contributed by atoms with Crippen molar-refractivity contribution in [1.29, 1.82) is 0 Å². The minimum Gasteiger partial charge on any atom is -0.465 e. The smallest absolute Gasteiger partial charge is 0.323 e. The van der Waals surface area contributed by atoms with Crippen LogP contribution in [0, 0.1) is 16.6 Å². The first kappa shape index (κ1) is 23.4. The van der Waals surface area contributed by atoms with E-state index >= 15 is 0 Å². The van der Waals surface area contributed by atoms with Gasteiger partial charge in [0.05, 0.1) is 24.3 Å². The molecule has 0 aromatic carbocycles. The highest BCUT2D eigenvalue weighted by Crippen LogP contribution is 2.49. The number of anilines is 1. The van der Waals surface area contributed by atoms with E-state index in [-0.39, 0.29) is 44.1 Å². The van der Waals surface area contributed by atoms with Crippen molar-refractivity contribution in [2.24, 2.45) is 10.8 Å². The van der Waals surface area contributed by atoms with E-state index in [4.69, 9.17) is 9.47 Å². The van der Waals surface area contributed by atoms with E-state index < -0.39 is 22.8 Å². The molecular weight excluding hydrogens is 427 g/mol.